The van der Waals surface area contributed by atoms with Crippen molar-refractivity contribution in [2.75, 3.05) is 14.2 Å². The van der Waals surface area contributed by atoms with E-state index in [-0.39, 0.29) is 5.43 Å². The zero-order valence-electron chi connectivity index (χ0n) is 9.76. The summed E-state index contributed by atoms with van der Waals surface area (Å²) in [5, 5.41) is 0.529. The third kappa shape index (κ3) is 1.88. The maximum Gasteiger partial charge on any atom is 0.206 e. The fourth-order valence-corrected chi connectivity index (χ4v) is 2.18. The second kappa shape index (κ2) is 4.56. The topological polar surface area (TPSA) is 51.3 Å². The summed E-state index contributed by atoms with van der Waals surface area (Å²) in [6.07, 6.45) is 0. The van der Waals surface area contributed by atoms with Gasteiger partial charge in [0.25, 0.3) is 0 Å². The van der Waals surface area contributed by atoms with Crippen LogP contribution in [0.5, 0.6) is 11.5 Å². The molecule has 4 nitrogen and oxygen atoms in total. The number of hydrogen-bond acceptors (Lipinski definition) is 3. The van der Waals surface area contributed by atoms with Crippen LogP contribution in [0.15, 0.2) is 16.9 Å². The van der Waals surface area contributed by atoms with E-state index in [2.05, 4.69) is 4.98 Å². The number of fused-ring (bicyclic) bond motifs is 1. The molecule has 1 heterocycles. The predicted octanol–water partition coefficient (Wildman–Crippen LogP) is 2.46. The molecule has 2 rings (SSSR count). The van der Waals surface area contributed by atoms with Gasteiger partial charge in [0.15, 0.2) is 0 Å². The molecule has 0 radical (unpaired) electrons. The Labute approximate surface area is 112 Å². The molecule has 1 aromatic heterocycles. The standard InChI is InChI=1S/C12H12INO3/c1-6-10(13)12(15)9-7(16-2)4-5-8(17-3)11(9)14-6/h4-5H,1-3H3,(H,14,15). The number of ether oxygens (including phenoxy) is 2. The Morgan fingerprint density at radius 1 is 1.18 bits per heavy atom. The monoisotopic (exact) mass is 345 g/mol. The molecule has 0 unspecified atom stereocenters. The Hall–Kier alpha value is -1.24. The lowest BCUT2D eigenvalue weighted by atomic mass is 10.1. The minimum Gasteiger partial charge on any atom is -0.496 e. The average molecular weight is 345 g/mol. The first-order chi connectivity index (χ1) is 8.10. The number of aryl methyl sites for hydroxylation is 1. The van der Waals surface area contributed by atoms with E-state index < -0.39 is 0 Å². The minimum atomic E-state index is -0.0346. The predicted molar refractivity (Wildman–Crippen MR) is 75.1 cm³/mol. The Morgan fingerprint density at radius 2 is 1.76 bits per heavy atom. The lowest BCUT2D eigenvalue weighted by Gasteiger charge is -2.10. The Morgan fingerprint density at radius 3 is 2.35 bits per heavy atom. The Balaban J connectivity index is 3.01. The van der Waals surface area contributed by atoms with Crippen molar-refractivity contribution in [3.63, 3.8) is 0 Å². The molecule has 0 fully saturated rings. The van der Waals surface area contributed by atoms with Crippen molar-refractivity contribution in [2.45, 2.75) is 6.92 Å². The van der Waals surface area contributed by atoms with Gasteiger partial charge in [-0.05, 0) is 41.6 Å². The first-order valence-corrected chi connectivity index (χ1v) is 6.11. The Kier molecular flexibility index (Phi) is 3.28. The molecule has 1 aromatic carbocycles. The van der Waals surface area contributed by atoms with Crippen LogP contribution < -0.4 is 14.9 Å². The highest BCUT2D eigenvalue weighted by molar-refractivity contribution is 14.1. The van der Waals surface area contributed by atoms with Crippen LogP contribution >= 0.6 is 22.6 Å². The van der Waals surface area contributed by atoms with Gasteiger partial charge in [0, 0.05) is 5.69 Å². The molecule has 0 saturated carbocycles. The van der Waals surface area contributed by atoms with E-state index in [1.54, 1.807) is 26.4 Å². The average Bonchev–Trinajstić information content (AvgIpc) is 2.34. The van der Waals surface area contributed by atoms with Crippen molar-refractivity contribution in [1.82, 2.24) is 4.98 Å². The van der Waals surface area contributed by atoms with Crippen molar-refractivity contribution in [3.8, 4) is 11.5 Å². The van der Waals surface area contributed by atoms with E-state index in [1.807, 2.05) is 29.5 Å². The van der Waals surface area contributed by atoms with E-state index in [0.29, 0.717) is 26.0 Å². The molecule has 0 bridgehead atoms. The van der Waals surface area contributed by atoms with Crippen LogP contribution in [0.1, 0.15) is 5.69 Å². The van der Waals surface area contributed by atoms with Gasteiger partial charge >= 0.3 is 0 Å². The summed E-state index contributed by atoms with van der Waals surface area (Å²) in [4.78, 5) is 15.4. The summed E-state index contributed by atoms with van der Waals surface area (Å²) in [6.45, 7) is 1.86. The molecule has 0 atom stereocenters. The van der Waals surface area contributed by atoms with Crippen molar-refractivity contribution in [1.29, 1.82) is 0 Å². The molecule has 2 aromatic rings. The molecule has 1 N–H and O–H groups in total. The van der Waals surface area contributed by atoms with Crippen LogP contribution in [0.4, 0.5) is 0 Å². The number of aromatic nitrogens is 1. The highest BCUT2D eigenvalue weighted by atomic mass is 127. The number of rotatable bonds is 2. The normalized spacial score (nSPS) is 10.6. The first-order valence-electron chi connectivity index (χ1n) is 5.03. The molecular weight excluding hydrogens is 333 g/mol. The molecule has 0 aliphatic rings. The number of methoxy groups -OCH3 is 2. The van der Waals surface area contributed by atoms with Crippen LogP contribution in [0.3, 0.4) is 0 Å². The number of halogens is 1. The zero-order valence-corrected chi connectivity index (χ0v) is 11.9. The van der Waals surface area contributed by atoms with E-state index in [0.717, 1.165) is 5.69 Å². The molecule has 0 spiro atoms. The molecule has 17 heavy (non-hydrogen) atoms. The van der Waals surface area contributed by atoms with Gasteiger partial charge in [-0.25, -0.2) is 0 Å². The van der Waals surface area contributed by atoms with Gasteiger partial charge in [0.05, 0.1) is 28.7 Å². The molecule has 90 valence electrons. The zero-order chi connectivity index (χ0) is 12.6. The van der Waals surface area contributed by atoms with E-state index >= 15 is 0 Å². The highest BCUT2D eigenvalue weighted by Crippen LogP contribution is 2.30. The van der Waals surface area contributed by atoms with Gasteiger partial charge in [-0.2, -0.15) is 0 Å². The number of hydrogen-bond donors (Lipinski definition) is 1. The maximum absolute atomic E-state index is 12.2. The number of nitrogens with one attached hydrogen (secondary N) is 1. The lowest BCUT2D eigenvalue weighted by molar-refractivity contribution is 0.409. The number of H-pyrrole nitrogens is 1. The highest BCUT2D eigenvalue weighted by Gasteiger charge is 2.14. The lowest BCUT2D eigenvalue weighted by Crippen LogP contribution is -2.11. The van der Waals surface area contributed by atoms with E-state index in [4.69, 9.17) is 9.47 Å². The SMILES string of the molecule is COc1ccc(OC)c2c(=O)c(I)c(C)[nH]c12. The third-order valence-corrected chi connectivity index (χ3v) is 3.94. The summed E-state index contributed by atoms with van der Waals surface area (Å²) in [6, 6.07) is 3.52. The van der Waals surface area contributed by atoms with Crippen molar-refractivity contribution in [2.24, 2.45) is 0 Å². The van der Waals surface area contributed by atoms with Crippen LogP contribution in [-0.4, -0.2) is 19.2 Å². The van der Waals surface area contributed by atoms with Crippen molar-refractivity contribution in [3.05, 3.63) is 31.6 Å². The quantitative estimate of drug-likeness (QED) is 0.851. The van der Waals surface area contributed by atoms with Gasteiger partial charge < -0.3 is 14.5 Å². The molecule has 5 heteroatoms. The van der Waals surface area contributed by atoms with Crippen molar-refractivity contribution < 1.29 is 9.47 Å². The number of benzene rings is 1. The fourth-order valence-electron chi connectivity index (χ4n) is 1.78. The van der Waals surface area contributed by atoms with Crippen LogP contribution in [-0.2, 0) is 0 Å². The first kappa shape index (κ1) is 12.2. The third-order valence-electron chi connectivity index (χ3n) is 2.64. The molecule has 0 saturated heterocycles. The molecular formula is C12H12INO3. The number of pyridine rings is 1. The van der Waals surface area contributed by atoms with Crippen LogP contribution in [0.2, 0.25) is 0 Å². The largest absolute Gasteiger partial charge is 0.496 e. The van der Waals surface area contributed by atoms with Crippen LogP contribution in [0, 0.1) is 10.5 Å². The second-order valence-corrected chi connectivity index (χ2v) is 4.69. The fraction of sp³-hybridized carbons (Fsp3) is 0.250. The van der Waals surface area contributed by atoms with E-state index in [1.165, 1.54) is 0 Å². The number of aromatic amines is 1. The van der Waals surface area contributed by atoms with Gasteiger partial charge in [0.2, 0.25) is 5.43 Å². The summed E-state index contributed by atoms with van der Waals surface area (Å²) >= 11 is 2.03. The van der Waals surface area contributed by atoms with Gasteiger partial charge in [-0.1, -0.05) is 0 Å². The van der Waals surface area contributed by atoms with Crippen LogP contribution in [0.25, 0.3) is 10.9 Å². The van der Waals surface area contributed by atoms with Gasteiger partial charge in [0.1, 0.15) is 11.5 Å². The summed E-state index contributed by atoms with van der Waals surface area (Å²) in [5.41, 5.74) is 1.47. The molecule has 0 aliphatic carbocycles. The van der Waals surface area contributed by atoms with E-state index in [9.17, 15) is 4.79 Å². The minimum absolute atomic E-state index is 0.0346. The smallest absolute Gasteiger partial charge is 0.206 e. The summed E-state index contributed by atoms with van der Waals surface area (Å²) in [5.74, 6) is 1.19. The Bertz CT molecular complexity index is 634. The molecule has 0 aliphatic heterocycles. The summed E-state index contributed by atoms with van der Waals surface area (Å²) < 4.78 is 11.1. The molecule has 0 amide bonds. The maximum atomic E-state index is 12.2. The van der Waals surface area contributed by atoms with Gasteiger partial charge in [-0.15, -0.1) is 0 Å². The van der Waals surface area contributed by atoms with Crippen molar-refractivity contribution >= 4 is 33.5 Å². The van der Waals surface area contributed by atoms with Gasteiger partial charge in [-0.3, -0.25) is 4.79 Å². The summed E-state index contributed by atoms with van der Waals surface area (Å²) in [7, 11) is 3.13. The second-order valence-electron chi connectivity index (χ2n) is 3.61.